The molecule has 0 saturated heterocycles. The van der Waals surface area contributed by atoms with Gasteiger partial charge < -0.3 is 9.64 Å². The van der Waals surface area contributed by atoms with E-state index in [1.807, 2.05) is 54.6 Å². The van der Waals surface area contributed by atoms with Gasteiger partial charge in [-0.25, -0.2) is 0 Å². The highest BCUT2D eigenvalue weighted by atomic mass is 16.5. The van der Waals surface area contributed by atoms with Crippen molar-refractivity contribution in [2.45, 2.75) is 19.3 Å². The molecule has 1 aliphatic heterocycles. The fraction of sp³-hybridized carbons (Fsp3) is 0.111. The van der Waals surface area contributed by atoms with Gasteiger partial charge in [-0.2, -0.15) is 0 Å². The van der Waals surface area contributed by atoms with Crippen LogP contribution in [0.4, 0.5) is 17.1 Å². The van der Waals surface area contributed by atoms with Crippen molar-refractivity contribution in [3.63, 3.8) is 0 Å². The summed E-state index contributed by atoms with van der Waals surface area (Å²) >= 11 is 0. The number of carbonyl (C=O) groups excluding carboxylic acids is 2. The van der Waals surface area contributed by atoms with E-state index in [4.69, 9.17) is 4.74 Å². The second-order valence-corrected chi connectivity index (χ2v) is 10.9. The number of anilines is 3. The van der Waals surface area contributed by atoms with Crippen LogP contribution in [0.1, 0.15) is 51.3 Å². The maximum Gasteiger partial charge on any atom is 0.197 e. The van der Waals surface area contributed by atoms with Gasteiger partial charge in [-0.15, -0.1) is 0 Å². The number of allylic oxidation sites excluding steroid dienone is 1. The van der Waals surface area contributed by atoms with E-state index in [-0.39, 0.29) is 22.6 Å². The summed E-state index contributed by atoms with van der Waals surface area (Å²) in [6.07, 6.45) is 1.75. The summed E-state index contributed by atoms with van der Waals surface area (Å²) in [4.78, 5) is 29.1. The van der Waals surface area contributed by atoms with E-state index in [1.54, 1.807) is 13.2 Å². The Hall–Kier alpha value is -4.96. The second-order valence-electron chi connectivity index (χ2n) is 10.9. The first-order valence-corrected chi connectivity index (χ1v) is 13.4. The first kappa shape index (κ1) is 24.1. The molecule has 40 heavy (non-hydrogen) atoms. The summed E-state index contributed by atoms with van der Waals surface area (Å²) in [5.74, 6) is 0.372. The number of fused-ring (bicyclic) bond motifs is 4. The van der Waals surface area contributed by atoms with E-state index < -0.39 is 0 Å². The minimum atomic E-state index is -0.298. The third-order valence-electron chi connectivity index (χ3n) is 8.26. The van der Waals surface area contributed by atoms with E-state index in [0.717, 1.165) is 44.7 Å². The fourth-order valence-electron chi connectivity index (χ4n) is 6.13. The first-order chi connectivity index (χ1) is 19.4. The van der Waals surface area contributed by atoms with Gasteiger partial charge in [-0.3, -0.25) is 9.59 Å². The molecule has 0 unspecified atom stereocenters. The Morgan fingerprint density at radius 2 is 1.27 bits per heavy atom. The van der Waals surface area contributed by atoms with Crippen LogP contribution in [0.5, 0.6) is 5.75 Å². The van der Waals surface area contributed by atoms with Crippen molar-refractivity contribution in [3.8, 4) is 5.75 Å². The highest BCUT2D eigenvalue weighted by Crippen LogP contribution is 2.52. The number of ether oxygens (including phenoxy) is 1. The van der Waals surface area contributed by atoms with Crippen LogP contribution in [0.15, 0.2) is 109 Å². The second kappa shape index (κ2) is 8.78. The van der Waals surface area contributed by atoms with Crippen LogP contribution in [-0.2, 0) is 5.41 Å². The zero-order valence-electron chi connectivity index (χ0n) is 22.6. The van der Waals surface area contributed by atoms with E-state index in [1.165, 1.54) is 5.56 Å². The van der Waals surface area contributed by atoms with E-state index in [2.05, 4.69) is 67.3 Å². The topological polar surface area (TPSA) is 46.6 Å². The van der Waals surface area contributed by atoms with Crippen molar-refractivity contribution >= 4 is 45.5 Å². The van der Waals surface area contributed by atoms with Crippen molar-refractivity contribution < 1.29 is 14.3 Å². The first-order valence-electron chi connectivity index (χ1n) is 13.4. The lowest BCUT2D eigenvalue weighted by molar-refractivity contribution is 0.0990. The molecule has 0 bridgehead atoms. The standard InChI is InChI=1S/C36H27NO3/c1-36(2)30-10-6-7-11-32(30)37(25-13-15-26(40-3)16-14-25)33-17-12-22(19-31(33)36)18-29-34(38)27-20-23-8-4-5-9-24(23)21-28(27)35(29)39/h4-21H,1-3H3. The Morgan fingerprint density at radius 1 is 0.675 bits per heavy atom. The molecule has 194 valence electrons. The smallest absolute Gasteiger partial charge is 0.197 e. The van der Waals surface area contributed by atoms with E-state index >= 15 is 0 Å². The van der Waals surface area contributed by atoms with Crippen molar-refractivity contribution in [1.82, 2.24) is 0 Å². The average Bonchev–Trinajstić information content (AvgIpc) is 3.20. The van der Waals surface area contributed by atoms with Crippen LogP contribution in [-0.4, -0.2) is 18.7 Å². The fourth-order valence-corrected chi connectivity index (χ4v) is 6.13. The molecule has 7 rings (SSSR count). The third-order valence-corrected chi connectivity index (χ3v) is 8.26. The van der Waals surface area contributed by atoms with E-state index in [0.29, 0.717) is 11.1 Å². The van der Waals surface area contributed by atoms with Gasteiger partial charge in [-0.05, 0) is 88.1 Å². The van der Waals surface area contributed by atoms with Gasteiger partial charge in [0.05, 0.1) is 24.1 Å². The molecular weight excluding hydrogens is 494 g/mol. The van der Waals surface area contributed by atoms with Crippen molar-refractivity contribution in [3.05, 3.63) is 137 Å². The molecule has 0 amide bonds. The number of hydrogen-bond acceptors (Lipinski definition) is 4. The molecule has 0 atom stereocenters. The highest BCUT2D eigenvalue weighted by molar-refractivity contribution is 6.42. The van der Waals surface area contributed by atoms with Crippen LogP contribution < -0.4 is 9.64 Å². The molecular formula is C36H27NO3. The lowest BCUT2D eigenvalue weighted by atomic mass is 9.73. The number of Topliss-reactive ketones (excluding diaryl/α,β-unsaturated/α-hetero) is 2. The minimum Gasteiger partial charge on any atom is -0.497 e. The Balaban J connectivity index is 1.35. The maximum atomic E-state index is 13.4. The van der Waals surface area contributed by atoms with Gasteiger partial charge in [0, 0.05) is 22.2 Å². The molecule has 0 fully saturated rings. The van der Waals surface area contributed by atoms with Gasteiger partial charge in [-0.1, -0.05) is 62.4 Å². The molecule has 0 radical (unpaired) electrons. The normalized spacial score (nSPS) is 15.1. The van der Waals surface area contributed by atoms with Crippen LogP contribution in [0.2, 0.25) is 0 Å². The molecule has 1 heterocycles. The number of ketones is 2. The Morgan fingerprint density at radius 3 is 1.93 bits per heavy atom. The average molecular weight is 522 g/mol. The lowest BCUT2D eigenvalue weighted by Crippen LogP contribution is -2.30. The maximum absolute atomic E-state index is 13.4. The van der Waals surface area contributed by atoms with Gasteiger partial charge >= 0.3 is 0 Å². The largest absolute Gasteiger partial charge is 0.497 e. The number of para-hydroxylation sites is 1. The SMILES string of the molecule is COc1ccc(N2c3ccccc3C(C)(C)c3cc(C=C4C(=O)c5cc6ccccc6cc5C4=O)ccc32)cc1. The molecule has 4 heteroatoms. The predicted octanol–water partition coefficient (Wildman–Crippen LogP) is 8.42. The van der Waals surface area contributed by atoms with E-state index in [9.17, 15) is 9.59 Å². The molecule has 2 aliphatic rings. The molecule has 4 nitrogen and oxygen atoms in total. The lowest BCUT2D eigenvalue weighted by Gasteiger charge is -2.42. The number of hydrogen-bond donors (Lipinski definition) is 0. The summed E-state index contributed by atoms with van der Waals surface area (Å²) < 4.78 is 5.39. The monoisotopic (exact) mass is 521 g/mol. The molecule has 0 saturated carbocycles. The molecule has 0 spiro atoms. The quantitative estimate of drug-likeness (QED) is 0.177. The summed E-state index contributed by atoms with van der Waals surface area (Å²) in [5.41, 5.74) is 7.25. The van der Waals surface area contributed by atoms with Crippen LogP contribution >= 0.6 is 0 Å². The van der Waals surface area contributed by atoms with Crippen LogP contribution in [0.3, 0.4) is 0 Å². The molecule has 0 N–H and O–H groups in total. The summed E-state index contributed by atoms with van der Waals surface area (Å²) in [7, 11) is 1.67. The summed E-state index contributed by atoms with van der Waals surface area (Å²) in [5, 5.41) is 1.91. The van der Waals surface area contributed by atoms with Gasteiger partial charge in [0.15, 0.2) is 11.6 Å². The van der Waals surface area contributed by atoms with Crippen LogP contribution in [0, 0.1) is 0 Å². The van der Waals surface area contributed by atoms with Gasteiger partial charge in [0.25, 0.3) is 0 Å². The highest BCUT2D eigenvalue weighted by Gasteiger charge is 2.37. The minimum absolute atomic E-state index is 0.214. The number of nitrogens with zero attached hydrogens (tertiary/aromatic N) is 1. The summed E-state index contributed by atoms with van der Waals surface area (Å²) in [6, 6.07) is 34.2. The number of benzene rings is 5. The Kier molecular flexibility index (Phi) is 5.29. The zero-order chi connectivity index (χ0) is 27.6. The zero-order valence-corrected chi connectivity index (χ0v) is 22.6. The number of methoxy groups -OCH3 is 1. The van der Waals surface area contributed by atoms with Crippen molar-refractivity contribution in [2.75, 3.05) is 12.0 Å². The Bertz CT molecular complexity index is 1840. The predicted molar refractivity (Wildman–Crippen MR) is 160 cm³/mol. The number of rotatable bonds is 3. The summed E-state index contributed by atoms with van der Waals surface area (Å²) in [6.45, 7) is 4.44. The number of carbonyl (C=O) groups is 2. The molecule has 1 aliphatic carbocycles. The van der Waals surface area contributed by atoms with Crippen LogP contribution in [0.25, 0.3) is 16.8 Å². The van der Waals surface area contributed by atoms with Crippen molar-refractivity contribution in [1.29, 1.82) is 0 Å². The van der Waals surface area contributed by atoms with Crippen molar-refractivity contribution in [2.24, 2.45) is 0 Å². The van der Waals surface area contributed by atoms with Gasteiger partial charge in [0.1, 0.15) is 5.75 Å². The molecule has 5 aromatic rings. The van der Waals surface area contributed by atoms with Gasteiger partial charge in [0.2, 0.25) is 0 Å². The molecule has 5 aromatic carbocycles. The molecule has 0 aromatic heterocycles. The Labute approximate surface area is 233 Å². The third kappa shape index (κ3) is 3.53.